The summed E-state index contributed by atoms with van der Waals surface area (Å²) >= 11 is 0. The molecule has 0 spiro atoms. The molecule has 0 radical (unpaired) electrons. The van der Waals surface area contributed by atoms with Crippen LogP contribution in [0.1, 0.15) is 65.2 Å². The molecule has 4 N–H and O–H groups in total. The fourth-order valence-electron chi connectivity index (χ4n) is 3.03. The van der Waals surface area contributed by atoms with Gasteiger partial charge in [-0.15, -0.1) is 0 Å². The summed E-state index contributed by atoms with van der Waals surface area (Å²) in [4.78, 5) is 0. The number of rotatable bonds is 13. The highest BCUT2D eigenvalue weighted by atomic mass is 16.7. The Morgan fingerprint density at radius 1 is 1.08 bits per heavy atom. The first kappa shape index (κ1) is 22.4. The Balaban J connectivity index is 2.30. The van der Waals surface area contributed by atoms with E-state index in [1.165, 1.54) is 44.8 Å². The summed E-state index contributed by atoms with van der Waals surface area (Å²) in [5.74, 6) is 0. The van der Waals surface area contributed by atoms with Gasteiger partial charge < -0.3 is 30.2 Å². The van der Waals surface area contributed by atoms with Crippen molar-refractivity contribution in [3.63, 3.8) is 0 Å². The molecule has 6 nitrogen and oxygen atoms in total. The summed E-state index contributed by atoms with van der Waals surface area (Å²) < 4.78 is 16.7. The van der Waals surface area contributed by atoms with Crippen LogP contribution in [0, 0.1) is 0 Å². The second kappa shape index (κ2) is 13.5. The smallest absolute Gasteiger partial charge is 0.217 e. The van der Waals surface area contributed by atoms with Crippen molar-refractivity contribution >= 4 is 0 Å². The van der Waals surface area contributed by atoms with E-state index in [9.17, 15) is 10.2 Å². The zero-order chi connectivity index (χ0) is 18.5. The average Bonchev–Trinajstić information content (AvgIpc) is 2.62. The van der Waals surface area contributed by atoms with Crippen LogP contribution in [0.25, 0.3) is 0 Å². The van der Waals surface area contributed by atoms with Crippen LogP contribution in [0.5, 0.6) is 0 Å². The Bertz CT molecular complexity index is 353. The van der Waals surface area contributed by atoms with Gasteiger partial charge in [-0.3, -0.25) is 0 Å². The predicted molar refractivity (Wildman–Crippen MR) is 98.0 cm³/mol. The first-order valence-electron chi connectivity index (χ1n) is 9.73. The van der Waals surface area contributed by atoms with Gasteiger partial charge in [0.05, 0.1) is 18.9 Å². The van der Waals surface area contributed by atoms with Crippen LogP contribution in [0.2, 0.25) is 0 Å². The molecule has 0 aromatic heterocycles. The van der Waals surface area contributed by atoms with Gasteiger partial charge in [-0.25, -0.2) is 0 Å². The van der Waals surface area contributed by atoms with Gasteiger partial charge in [0.25, 0.3) is 0 Å². The lowest BCUT2D eigenvalue weighted by atomic mass is 9.97. The van der Waals surface area contributed by atoms with Gasteiger partial charge in [0.2, 0.25) is 6.29 Å². The summed E-state index contributed by atoms with van der Waals surface area (Å²) in [7, 11) is 0. The number of aliphatic hydroxyl groups excluding tert-OH is 2. The zero-order valence-electron chi connectivity index (χ0n) is 15.8. The summed E-state index contributed by atoms with van der Waals surface area (Å²) in [5, 5.41) is 19.7. The molecule has 0 bridgehead atoms. The van der Waals surface area contributed by atoms with Gasteiger partial charge in [0.15, 0.2) is 0 Å². The third-order valence-electron chi connectivity index (χ3n) is 4.56. The lowest BCUT2D eigenvalue weighted by molar-refractivity contribution is -0.258. The first-order valence-corrected chi connectivity index (χ1v) is 9.73. The molecule has 1 aliphatic heterocycles. The van der Waals surface area contributed by atoms with Crippen LogP contribution in [0.4, 0.5) is 0 Å². The number of nitrogens with two attached hydrogens (primary N) is 1. The Kier molecular flexibility index (Phi) is 12.1. The highest BCUT2D eigenvalue weighted by molar-refractivity contribution is 4.93. The maximum absolute atomic E-state index is 10.3. The highest BCUT2D eigenvalue weighted by Crippen LogP contribution is 2.23. The normalized spacial score (nSPS) is 30.0. The van der Waals surface area contributed by atoms with Gasteiger partial charge in [-0.05, 0) is 13.3 Å². The average molecular weight is 360 g/mol. The Morgan fingerprint density at radius 2 is 1.72 bits per heavy atom. The molecule has 0 amide bonds. The molecule has 5 atom stereocenters. The van der Waals surface area contributed by atoms with Crippen molar-refractivity contribution in [2.24, 2.45) is 5.73 Å². The minimum absolute atomic E-state index is 0.304. The van der Waals surface area contributed by atoms with E-state index in [2.05, 4.69) is 6.92 Å². The molecule has 148 valence electrons. The van der Waals surface area contributed by atoms with Gasteiger partial charge >= 0.3 is 0 Å². The van der Waals surface area contributed by atoms with Crippen molar-refractivity contribution in [1.29, 1.82) is 0 Å². The van der Waals surface area contributed by atoms with Gasteiger partial charge in [-0.1, -0.05) is 57.9 Å². The lowest BCUT2D eigenvalue weighted by Crippen LogP contribution is -2.63. The molecule has 25 heavy (non-hydrogen) atoms. The van der Waals surface area contributed by atoms with Crippen LogP contribution < -0.4 is 5.73 Å². The van der Waals surface area contributed by atoms with E-state index in [4.69, 9.17) is 19.9 Å². The molecule has 0 aliphatic carbocycles. The quantitative estimate of drug-likeness (QED) is 0.345. The van der Waals surface area contributed by atoms with Crippen molar-refractivity contribution < 1.29 is 24.4 Å². The molecule has 1 saturated heterocycles. The monoisotopic (exact) mass is 359 g/mol. The van der Waals surface area contributed by atoms with E-state index < -0.39 is 30.6 Å². The van der Waals surface area contributed by atoms with Gasteiger partial charge in [-0.2, -0.15) is 0 Å². The number of allylic oxidation sites excluding steroid dienone is 1. The molecule has 1 heterocycles. The standard InChI is InChI=1S/C19H37NO5/c1-3-5-6-7-8-9-10-11-13-23-18-16(20)19(24-12-4-2)25-15(14-21)17(18)22/h4,12,15-19,21-22H,3,5-11,13-14,20H2,1-2H3/t15-,16-,17?,18-,19+/m1/s1. The molecule has 1 aliphatic rings. The number of ether oxygens (including phenoxy) is 3. The SMILES string of the molecule is CC=CO[C@H]1O[C@H](CO)C(O)[C@H](OCCCCCCCCCC)[C@H]1N. The molecule has 1 unspecified atom stereocenters. The molecule has 6 heteroatoms. The van der Waals surface area contributed by atoms with Crippen LogP contribution in [0.3, 0.4) is 0 Å². The summed E-state index contributed by atoms with van der Waals surface area (Å²) in [6.45, 7) is 4.28. The minimum Gasteiger partial charge on any atom is -0.471 e. The van der Waals surface area contributed by atoms with Gasteiger partial charge in [0, 0.05) is 6.61 Å². The number of aliphatic hydroxyl groups is 2. The zero-order valence-corrected chi connectivity index (χ0v) is 15.8. The fourth-order valence-corrected chi connectivity index (χ4v) is 3.03. The lowest BCUT2D eigenvalue weighted by Gasteiger charge is -2.42. The maximum atomic E-state index is 10.3. The minimum atomic E-state index is -0.959. The summed E-state index contributed by atoms with van der Waals surface area (Å²) in [5.41, 5.74) is 6.13. The van der Waals surface area contributed by atoms with E-state index in [1.807, 2.05) is 6.92 Å². The number of unbranched alkanes of at least 4 members (excludes halogenated alkanes) is 7. The van der Waals surface area contributed by atoms with E-state index in [0.29, 0.717) is 6.61 Å². The van der Waals surface area contributed by atoms with Crippen molar-refractivity contribution in [2.45, 2.75) is 95.9 Å². The second-order valence-electron chi connectivity index (χ2n) is 6.71. The Labute approximate surface area is 152 Å². The Hall–Kier alpha value is -0.660. The molecule has 0 saturated carbocycles. The maximum Gasteiger partial charge on any atom is 0.217 e. The van der Waals surface area contributed by atoms with E-state index in [0.717, 1.165) is 12.8 Å². The van der Waals surface area contributed by atoms with Crippen LogP contribution in [-0.2, 0) is 14.2 Å². The second-order valence-corrected chi connectivity index (χ2v) is 6.71. The third kappa shape index (κ3) is 8.05. The van der Waals surface area contributed by atoms with Gasteiger partial charge in [0.1, 0.15) is 18.3 Å². The van der Waals surface area contributed by atoms with Crippen molar-refractivity contribution in [1.82, 2.24) is 0 Å². The highest BCUT2D eigenvalue weighted by Gasteiger charge is 2.44. The Morgan fingerprint density at radius 3 is 2.32 bits per heavy atom. The summed E-state index contributed by atoms with van der Waals surface area (Å²) in [6.07, 6.45) is 9.93. The van der Waals surface area contributed by atoms with Crippen LogP contribution in [0.15, 0.2) is 12.3 Å². The van der Waals surface area contributed by atoms with E-state index in [-0.39, 0.29) is 6.61 Å². The number of hydrogen-bond acceptors (Lipinski definition) is 6. The van der Waals surface area contributed by atoms with Crippen LogP contribution in [-0.4, -0.2) is 54.1 Å². The van der Waals surface area contributed by atoms with E-state index >= 15 is 0 Å². The first-order chi connectivity index (χ1) is 12.2. The molecule has 0 aromatic rings. The molecule has 1 rings (SSSR count). The van der Waals surface area contributed by atoms with Crippen molar-refractivity contribution in [3.05, 3.63) is 12.3 Å². The van der Waals surface area contributed by atoms with E-state index in [1.54, 1.807) is 6.08 Å². The third-order valence-corrected chi connectivity index (χ3v) is 4.56. The molecule has 1 fully saturated rings. The largest absolute Gasteiger partial charge is 0.471 e. The summed E-state index contributed by atoms with van der Waals surface area (Å²) in [6, 6.07) is -0.608. The molecule has 0 aromatic carbocycles. The predicted octanol–water partition coefficient (Wildman–Crippen LogP) is 2.47. The molecular weight excluding hydrogens is 322 g/mol. The van der Waals surface area contributed by atoms with Crippen molar-refractivity contribution in [3.8, 4) is 0 Å². The van der Waals surface area contributed by atoms with Crippen LogP contribution >= 0.6 is 0 Å². The molecular formula is C19H37NO5. The number of hydrogen-bond donors (Lipinski definition) is 3. The topological polar surface area (TPSA) is 94.2 Å². The van der Waals surface area contributed by atoms with Crippen molar-refractivity contribution in [2.75, 3.05) is 13.2 Å². The fraction of sp³-hybridized carbons (Fsp3) is 0.895.